The highest BCUT2D eigenvalue weighted by Gasteiger charge is 2.17. The molecule has 28 heavy (non-hydrogen) atoms. The predicted octanol–water partition coefficient (Wildman–Crippen LogP) is 5.19. The molecule has 0 saturated carbocycles. The highest BCUT2D eigenvalue weighted by atomic mass is 35.5. The van der Waals surface area contributed by atoms with Gasteiger partial charge in [-0.3, -0.25) is 9.52 Å². The number of amides is 1. The van der Waals surface area contributed by atoms with E-state index in [0.717, 1.165) is 0 Å². The van der Waals surface area contributed by atoms with E-state index < -0.39 is 21.7 Å². The molecule has 144 valence electrons. The zero-order valence-electron chi connectivity index (χ0n) is 14.1. The molecule has 2 N–H and O–H groups in total. The second-order valence-electron chi connectivity index (χ2n) is 5.69. The summed E-state index contributed by atoms with van der Waals surface area (Å²) in [4.78, 5) is 12.1. The highest BCUT2D eigenvalue weighted by Crippen LogP contribution is 2.28. The van der Waals surface area contributed by atoms with Crippen molar-refractivity contribution in [2.24, 2.45) is 0 Å². The van der Waals surface area contributed by atoms with E-state index in [2.05, 4.69) is 10.0 Å². The molecule has 0 atom stereocenters. The number of halogens is 3. The van der Waals surface area contributed by atoms with Gasteiger partial charge in [-0.05, 0) is 54.6 Å². The van der Waals surface area contributed by atoms with E-state index >= 15 is 0 Å². The Morgan fingerprint density at radius 2 is 1.61 bits per heavy atom. The maximum atomic E-state index is 13.7. The van der Waals surface area contributed by atoms with Crippen molar-refractivity contribution in [2.45, 2.75) is 4.90 Å². The van der Waals surface area contributed by atoms with Crippen LogP contribution in [0.1, 0.15) is 10.4 Å². The number of anilines is 2. The molecule has 3 rings (SSSR count). The minimum atomic E-state index is -3.90. The Morgan fingerprint density at radius 1 is 0.929 bits per heavy atom. The van der Waals surface area contributed by atoms with Gasteiger partial charge >= 0.3 is 0 Å². The molecule has 0 radical (unpaired) electrons. The molecular weight excluding hydrogens is 426 g/mol. The average Bonchev–Trinajstić information content (AvgIpc) is 2.65. The molecule has 0 heterocycles. The molecule has 0 aliphatic heterocycles. The van der Waals surface area contributed by atoms with Crippen LogP contribution in [-0.4, -0.2) is 14.3 Å². The van der Waals surface area contributed by atoms with Gasteiger partial charge in [0.25, 0.3) is 15.9 Å². The van der Waals surface area contributed by atoms with Gasteiger partial charge in [-0.1, -0.05) is 35.3 Å². The normalized spacial score (nSPS) is 11.1. The van der Waals surface area contributed by atoms with Gasteiger partial charge in [-0.25, -0.2) is 12.8 Å². The van der Waals surface area contributed by atoms with E-state index in [1.54, 1.807) is 6.07 Å². The van der Waals surface area contributed by atoms with Crippen LogP contribution in [0.25, 0.3) is 0 Å². The molecule has 0 saturated heterocycles. The Kier molecular flexibility index (Phi) is 5.88. The van der Waals surface area contributed by atoms with Crippen LogP contribution < -0.4 is 10.0 Å². The standard InChI is InChI=1S/C19H13Cl2FN2O3S/c20-12-5-10-18(16(21)11-12)24-28(26,27)14-8-6-13(7-9-14)23-19(25)15-3-1-2-4-17(15)22/h1-11,24H,(H,23,25). The molecule has 5 nitrogen and oxygen atoms in total. The van der Waals surface area contributed by atoms with E-state index in [1.165, 1.54) is 60.7 Å². The first kappa shape index (κ1) is 20.1. The Labute approximate surface area is 171 Å². The maximum absolute atomic E-state index is 13.7. The van der Waals surface area contributed by atoms with Crippen LogP contribution in [0.3, 0.4) is 0 Å². The Morgan fingerprint density at radius 3 is 2.25 bits per heavy atom. The monoisotopic (exact) mass is 438 g/mol. The minimum absolute atomic E-state index is 0.0394. The molecule has 0 aliphatic rings. The first-order valence-electron chi connectivity index (χ1n) is 7.90. The largest absolute Gasteiger partial charge is 0.322 e. The van der Waals surface area contributed by atoms with Gasteiger partial charge < -0.3 is 5.32 Å². The van der Waals surface area contributed by atoms with Gasteiger partial charge in [0.2, 0.25) is 0 Å². The van der Waals surface area contributed by atoms with Crippen molar-refractivity contribution in [1.29, 1.82) is 0 Å². The van der Waals surface area contributed by atoms with Crippen molar-refractivity contribution in [3.8, 4) is 0 Å². The molecule has 1 amide bonds. The smallest absolute Gasteiger partial charge is 0.261 e. The molecule has 0 bridgehead atoms. The van der Waals surface area contributed by atoms with Gasteiger partial charge in [0.15, 0.2) is 0 Å². The van der Waals surface area contributed by atoms with Gasteiger partial charge in [-0.2, -0.15) is 0 Å². The Hall–Kier alpha value is -2.61. The van der Waals surface area contributed by atoms with E-state index in [1.807, 2.05) is 0 Å². The Bertz CT molecular complexity index is 1140. The van der Waals surface area contributed by atoms with Crippen molar-refractivity contribution in [2.75, 3.05) is 10.0 Å². The van der Waals surface area contributed by atoms with Crippen LogP contribution in [0.15, 0.2) is 71.6 Å². The second kappa shape index (κ2) is 8.18. The molecule has 0 spiro atoms. The van der Waals surface area contributed by atoms with Crippen molar-refractivity contribution in [3.05, 3.63) is 88.2 Å². The number of nitrogens with one attached hydrogen (secondary N) is 2. The lowest BCUT2D eigenvalue weighted by atomic mass is 10.2. The summed E-state index contributed by atoms with van der Waals surface area (Å²) in [6.07, 6.45) is 0. The zero-order valence-corrected chi connectivity index (χ0v) is 16.4. The van der Waals surface area contributed by atoms with Crippen LogP contribution in [0.4, 0.5) is 15.8 Å². The Balaban J connectivity index is 1.76. The average molecular weight is 439 g/mol. The number of hydrogen-bond donors (Lipinski definition) is 2. The van der Waals surface area contributed by atoms with Gasteiger partial charge in [0.05, 0.1) is 21.2 Å². The summed E-state index contributed by atoms with van der Waals surface area (Å²) in [5.41, 5.74) is 0.387. The first-order valence-corrected chi connectivity index (χ1v) is 10.1. The zero-order chi connectivity index (χ0) is 20.3. The third-order valence-electron chi connectivity index (χ3n) is 3.72. The molecule has 3 aromatic carbocycles. The van der Waals surface area contributed by atoms with E-state index in [9.17, 15) is 17.6 Å². The molecule has 0 unspecified atom stereocenters. The van der Waals surface area contributed by atoms with Crippen molar-refractivity contribution in [3.63, 3.8) is 0 Å². The number of hydrogen-bond acceptors (Lipinski definition) is 3. The number of carbonyl (C=O) groups excluding carboxylic acids is 1. The van der Waals surface area contributed by atoms with Gasteiger partial charge in [0, 0.05) is 10.7 Å². The highest BCUT2D eigenvalue weighted by molar-refractivity contribution is 7.92. The molecule has 9 heteroatoms. The summed E-state index contributed by atoms with van der Waals surface area (Å²) in [6.45, 7) is 0. The lowest BCUT2D eigenvalue weighted by molar-refractivity contribution is 0.102. The quantitative estimate of drug-likeness (QED) is 0.575. The third kappa shape index (κ3) is 4.62. The van der Waals surface area contributed by atoms with E-state index in [-0.39, 0.29) is 21.2 Å². The van der Waals surface area contributed by atoms with Crippen LogP contribution in [0.5, 0.6) is 0 Å². The summed E-state index contributed by atoms with van der Waals surface area (Å²) in [5, 5.41) is 3.05. The molecular formula is C19H13Cl2FN2O3S. The first-order chi connectivity index (χ1) is 13.3. The predicted molar refractivity (Wildman–Crippen MR) is 108 cm³/mol. The van der Waals surface area contributed by atoms with E-state index in [0.29, 0.717) is 10.7 Å². The molecule has 3 aromatic rings. The second-order valence-corrected chi connectivity index (χ2v) is 8.21. The van der Waals surface area contributed by atoms with Crippen molar-refractivity contribution < 1.29 is 17.6 Å². The molecule has 0 aromatic heterocycles. The number of carbonyl (C=O) groups is 1. The fraction of sp³-hybridized carbons (Fsp3) is 0. The van der Waals surface area contributed by atoms with Crippen LogP contribution in [-0.2, 0) is 10.0 Å². The lowest BCUT2D eigenvalue weighted by Gasteiger charge is -2.11. The summed E-state index contributed by atoms with van der Waals surface area (Å²) in [6, 6.07) is 15.3. The summed E-state index contributed by atoms with van der Waals surface area (Å²) in [5.74, 6) is -1.29. The van der Waals surface area contributed by atoms with Crippen molar-refractivity contribution in [1.82, 2.24) is 0 Å². The van der Waals surface area contributed by atoms with E-state index in [4.69, 9.17) is 23.2 Å². The number of rotatable bonds is 5. The maximum Gasteiger partial charge on any atom is 0.261 e. The fourth-order valence-electron chi connectivity index (χ4n) is 2.34. The summed E-state index contributed by atoms with van der Waals surface area (Å²) < 4.78 is 41.0. The van der Waals surface area contributed by atoms with Crippen LogP contribution in [0.2, 0.25) is 10.0 Å². The lowest BCUT2D eigenvalue weighted by Crippen LogP contribution is -2.15. The van der Waals surface area contributed by atoms with Crippen LogP contribution in [0, 0.1) is 5.82 Å². The third-order valence-corrected chi connectivity index (χ3v) is 5.65. The number of benzene rings is 3. The topological polar surface area (TPSA) is 75.3 Å². The van der Waals surface area contributed by atoms with Crippen molar-refractivity contribution >= 4 is 50.5 Å². The minimum Gasteiger partial charge on any atom is -0.322 e. The van der Waals surface area contributed by atoms with Gasteiger partial charge in [0.1, 0.15) is 5.82 Å². The van der Waals surface area contributed by atoms with Gasteiger partial charge in [-0.15, -0.1) is 0 Å². The SMILES string of the molecule is O=C(Nc1ccc(S(=O)(=O)Nc2ccc(Cl)cc2Cl)cc1)c1ccccc1F. The number of sulfonamides is 1. The molecule has 0 fully saturated rings. The van der Waals surface area contributed by atoms with Crippen LogP contribution >= 0.6 is 23.2 Å². The summed E-state index contributed by atoms with van der Waals surface area (Å²) in [7, 11) is -3.90. The fourth-order valence-corrected chi connectivity index (χ4v) is 3.93. The summed E-state index contributed by atoms with van der Waals surface area (Å²) >= 11 is 11.8. The molecule has 0 aliphatic carbocycles.